The second-order valence-corrected chi connectivity index (χ2v) is 5.11. The van der Waals surface area contributed by atoms with Crippen molar-refractivity contribution < 1.29 is 9.59 Å². The first-order valence-corrected chi connectivity index (χ1v) is 7.28. The van der Waals surface area contributed by atoms with Crippen molar-refractivity contribution in [2.24, 2.45) is 0 Å². The van der Waals surface area contributed by atoms with E-state index in [4.69, 9.17) is 0 Å². The minimum Gasteiger partial charge on any atom is -0.295 e. The third kappa shape index (κ3) is 3.80. The molecule has 0 saturated carbocycles. The maximum atomic E-state index is 12.5. The number of allylic oxidation sites excluding steroid dienone is 4. The molecule has 2 aromatic carbocycles. The third-order valence-electron chi connectivity index (χ3n) is 3.53. The van der Waals surface area contributed by atoms with E-state index in [9.17, 15) is 9.59 Å². The van der Waals surface area contributed by atoms with Gasteiger partial charge >= 0.3 is 0 Å². The van der Waals surface area contributed by atoms with Crippen LogP contribution in [-0.2, 0) is 0 Å². The first-order chi connectivity index (χ1) is 11.1. The molecule has 0 aliphatic rings. The fraction of sp³-hybridized carbons (Fsp3) is 0.0476. The number of carbonyl (C=O) groups is 2. The van der Waals surface area contributed by atoms with Crippen LogP contribution in [0.25, 0.3) is 5.57 Å². The first-order valence-electron chi connectivity index (χ1n) is 7.28. The molecule has 0 bridgehead atoms. The molecule has 0 aliphatic carbocycles. The summed E-state index contributed by atoms with van der Waals surface area (Å²) in [5, 5.41) is 0. The molecule has 2 heteroatoms. The summed E-state index contributed by atoms with van der Waals surface area (Å²) >= 11 is 0. The molecular weight excluding hydrogens is 284 g/mol. The van der Waals surface area contributed by atoms with Gasteiger partial charge in [-0.05, 0) is 24.1 Å². The molecule has 23 heavy (non-hydrogen) atoms. The topological polar surface area (TPSA) is 34.1 Å². The van der Waals surface area contributed by atoms with Crippen molar-refractivity contribution >= 4 is 17.1 Å². The van der Waals surface area contributed by atoms with Gasteiger partial charge in [0.2, 0.25) is 0 Å². The van der Waals surface area contributed by atoms with E-state index in [-0.39, 0.29) is 11.6 Å². The third-order valence-corrected chi connectivity index (χ3v) is 3.53. The van der Waals surface area contributed by atoms with Crippen LogP contribution in [-0.4, -0.2) is 11.6 Å². The van der Waals surface area contributed by atoms with Gasteiger partial charge in [0.1, 0.15) is 0 Å². The molecule has 0 aliphatic heterocycles. The van der Waals surface area contributed by atoms with Gasteiger partial charge in [0.15, 0.2) is 11.6 Å². The van der Waals surface area contributed by atoms with E-state index < -0.39 is 0 Å². The molecule has 2 aromatic rings. The fourth-order valence-electron chi connectivity index (χ4n) is 2.27. The molecule has 0 atom stereocenters. The predicted octanol–water partition coefficient (Wildman–Crippen LogP) is 4.88. The van der Waals surface area contributed by atoms with Crippen LogP contribution in [0.4, 0.5) is 0 Å². The number of carbonyl (C=O) groups excluding carboxylic acids is 2. The Morgan fingerprint density at radius 3 is 2.04 bits per heavy atom. The van der Waals surface area contributed by atoms with Crippen molar-refractivity contribution in [1.29, 1.82) is 0 Å². The number of rotatable bonds is 6. The van der Waals surface area contributed by atoms with Gasteiger partial charge in [-0.2, -0.15) is 0 Å². The molecule has 114 valence electrons. The van der Waals surface area contributed by atoms with E-state index in [1.807, 2.05) is 18.2 Å². The van der Waals surface area contributed by atoms with Gasteiger partial charge in [0, 0.05) is 16.7 Å². The highest BCUT2D eigenvalue weighted by molar-refractivity contribution is 6.10. The van der Waals surface area contributed by atoms with Crippen molar-refractivity contribution in [3.05, 3.63) is 102 Å². The molecule has 0 fully saturated rings. The number of ketones is 2. The summed E-state index contributed by atoms with van der Waals surface area (Å²) in [6.45, 7) is 8.94. The van der Waals surface area contributed by atoms with Crippen molar-refractivity contribution in [2.75, 3.05) is 0 Å². The van der Waals surface area contributed by atoms with Crippen molar-refractivity contribution in [2.45, 2.75) is 6.92 Å². The summed E-state index contributed by atoms with van der Waals surface area (Å²) in [7, 11) is 0. The van der Waals surface area contributed by atoms with E-state index in [1.54, 1.807) is 48.6 Å². The molecule has 0 spiro atoms. The maximum Gasteiger partial charge on any atom is 0.193 e. The number of benzene rings is 2. The Morgan fingerprint density at radius 2 is 1.48 bits per heavy atom. The Hall–Kier alpha value is -3.00. The van der Waals surface area contributed by atoms with Gasteiger partial charge in [-0.3, -0.25) is 9.59 Å². The van der Waals surface area contributed by atoms with Crippen LogP contribution in [0.5, 0.6) is 0 Å². The minimum atomic E-state index is -0.104. The summed E-state index contributed by atoms with van der Waals surface area (Å²) in [6, 6.07) is 14.1. The normalized spacial score (nSPS) is 10.9. The van der Waals surface area contributed by atoms with Gasteiger partial charge < -0.3 is 0 Å². The first kappa shape index (κ1) is 16.4. The SMILES string of the molecule is C=C/C=C(\C=C)c1ccc(C(=O)c2cccc(C(C)=O)c2)cc1. The van der Waals surface area contributed by atoms with E-state index >= 15 is 0 Å². The molecule has 0 amide bonds. The second kappa shape index (κ2) is 7.32. The average Bonchev–Trinajstić information content (AvgIpc) is 2.59. The predicted molar refractivity (Wildman–Crippen MR) is 94.7 cm³/mol. The fourth-order valence-corrected chi connectivity index (χ4v) is 2.27. The van der Waals surface area contributed by atoms with E-state index in [0.717, 1.165) is 11.1 Å². The zero-order valence-corrected chi connectivity index (χ0v) is 13.1. The van der Waals surface area contributed by atoms with Crippen LogP contribution in [0.15, 0.2) is 79.9 Å². The quantitative estimate of drug-likeness (QED) is 0.563. The lowest BCUT2D eigenvalue weighted by Crippen LogP contribution is -2.03. The van der Waals surface area contributed by atoms with Crippen LogP contribution in [0.3, 0.4) is 0 Å². The highest BCUT2D eigenvalue weighted by atomic mass is 16.1. The minimum absolute atomic E-state index is 0.0554. The zero-order valence-electron chi connectivity index (χ0n) is 13.1. The van der Waals surface area contributed by atoms with Crippen LogP contribution >= 0.6 is 0 Å². The Balaban J connectivity index is 2.32. The summed E-state index contributed by atoms with van der Waals surface area (Å²) in [5.74, 6) is -0.160. The van der Waals surface area contributed by atoms with Gasteiger partial charge in [-0.1, -0.05) is 73.9 Å². The van der Waals surface area contributed by atoms with Crippen molar-refractivity contribution in [3.63, 3.8) is 0 Å². The van der Waals surface area contributed by atoms with Crippen LogP contribution in [0.2, 0.25) is 0 Å². The van der Waals surface area contributed by atoms with E-state index in [2.05, 4.69) is 13.2 Å². The zero-order chi connectivity index (χ0) is 16.8. The van der Waals surface area contributed by atoms with Crippen LogP contribution in [0, 0.1) is 0 Å². The number of hydrogen-bond acceptors (Lipinski definition) is 2. The lowest BCUT2D eigenvalue weighted by molar-refractivity contribution is 0.101. The highest BCUT2D eigenvalue weighted by Crippen LogP contribution is 2.18. The Labute approximate surface area is 136 Å². The van der Waals surface area contributed by atoms with Gasteiger partial charge in [0.25, 0.3) is 0 Å². The smallest absolute Gasteiger partial charge is 0.193 e. The summed E-state index contributed by atoms with van der Waals surface area (Å²) < 4.78 is 0. The van der Waals surface area contributed by atoms with Crippen LogP contribution in [0.1, 0.15) is 38.8 Å². The average molecular weight is 302 g/mol. The Kier molecular flexibility index (Phi) is 5.21. The molecule has 0 saturated heterocycles. The lowest BCUT2D eigenvalue weighted by atomic mass is 9.97. The molecular formula is C21H18O2. The Bertz CT molecular complexity index is 793. The lowest BCUT2D eigenvalue weighted by Gasteiger charge is -2.06. The van der Waals surface area contributed by atoms with E-state index in [0.29, 0.717) is 16.7 Å². The Morgan fingerprint density at radius 1 is 0.870 bits per heavy atom. The maximum absolute atomic E-state index is 12.5. The number of Topliss-reactive ketones (excluding diaryl/α,β-unsaturated/α-hetero) is 1. The molecule has 2 rings (SSSR count). The molecule has 2 nitrogen and oxygen atoms in total. The van der Waals surface area contributed by atoms with Gasteiger partial charge in [0.05, 0.1) is 0 Å². The largest absolute Gasteiger partial charge is 0.295 e. The molecule has 0 radical (unpaired) electrons. The molecule has 0 N–H and O–H groups in total. The second-order valence-electron chi connectivity index (χ2n) is 5.11. The number of hydrogen-bond donors (Lipinski definition) is 0. The van der Waals surface area contributed by atoms with E-state index in [1.165, 1.54) is 6.92 Å². The highest BCUT2D eigenvalue weighted by Gasteiger charge is 2.11. The van der Waals surface area contributed by atoms with Gasteiger partial charge in [-0.15, -0.1) is 0 Å². The van der Waals surface area contributed by atoms with Crippen molar-refractivity contribution in [3.8, 4) is 0 Å². The molecule has 0 heterocycles. The van der Waals surface area contributed by atoms with Crippen LogP contribution < -0.4 is 0 Å². The molecule has 0 unspecified atom stereocenters. The van der Waals surface area contributed by atoms with Gasteiger partial charge in [-0.25, -0.2) is 0 Å². The monoisotopic (exact) mass is 302 g/mol. The summed E-state index contributed by atoms with van der Waals surface area (Å²) in [5.41, 5.74) is 3.54. The summed E-state index contributed by atoms with van der Waals surface area (Å²) in [4.78, 5) is 24.0. The van der Waals surface area contributed by atoms with Crippen molar-refractivity contribution in [1.82, 2.24) is 0 Å². The summed E-state index contributed by atoms with van der Waals surface area (Å²) in [6.07, 6.45) is 5.30. The molecule has 0 aromatic heterocycles. The standard InChI is InChI=1S/C21H18O2/c1-4-7-16(5-2)17-10-12-18(13-11-17)21(23)20-9-6-8-19(14-20)15(3)22/h4-14H,1-2H2,3H3/b16-7+.